The standard InChI is InChI=1S/C21H19ClO/c1-23-20-14-12-17(13-15-20)16-21(22,18-8-4-2-5-9-18)19-10-6-3-7-11-19/h2-15H,16H2,1H3. The molecule has 0 aromatic heterocycles. The number of halogens is 1. The van der Waals surface area contributed by atoms with Crippen LogP contribution in [0.5, 0.6) is 5.75 Å². The van der Waals surface area contributed by atoms with Crippen molar-refractivity contribution >= 4 is 11.6 Å². The van der Waals surface area contributed by atoms with Crippen molar-refractivity contribution in [1.82, 2.24) is 0 Å². The highest BCUT2D eigenvalue weighted by molar-refractivity contribution is 6.26. The lowest BCUT2D eigenvalue weighted by Gasteiger charge is -2.28. The van der Waals surface area contributed by atoms with Gasteiger partial charge in [0.05, 0.1) is 12.0 Å². The van der Waals surface area contributed by atoms with Crippen molar-refractivity contribution in [2.24, 2.45) is 0 Å². The van der Waals surface area contributed by atoms with Crippen LogP contribution < -0.4 is 4.74 Å². The zero-order chi connectivity index (χ0) is 16.1. The van der Waals surface area contributed by atoms with Gasteiger partial charge >= 0.3 is 0 Å². The van der Waals surface area contributed by atoms with E-state index in [0.29, 0.717) is 6.42 Å². The summed E-state index contributed by atoms with van der Waals surface area (Å²) in [5.41, 5.74) is 3.38. The Balaban J connectivity index is 2.01. The van der Waals surface area contributed by atoms with Crippen LogP contribution in [-0.2, 0) is 11.3 Å². The first-order valence-corrected chi connectivity index (χ1v) is 8.03. The molecule has 0 heterocycles. The molecule has 3 aromatic rings. The number of ether oxygens (including phenoxy) is 1. The minimum atomic E-state index is -0.586. The molecule has 0 aliphatic rings. The molecule has 0 saturated carbocycles. The van der Waals surface area contributed by atoms with E-state index in [1.54, 1.807) is 7.11 Å². The van der Waals surface area contributed by atoms with Crippen LogP contribution in [0.2, 0.25) is 0 Å². The van der Waals surface area contributed by atoms with Crippen LogP contribution in [-0.4, -0.2) is 7.11 Å². The van der Waals surface area contributed by atoms with Gasteiger partial charge in [-0.25, -0.2) is 0 Å². The van der Waals surface area contributed by atoms with Crippen LogP contribution in [0.25, 0.3) is 0 Å². The second-order valence-corrected chi connectivity index (χ2v) is 6.20. The Hall–Kier alpha value is -2.25. The van der Waals surface area contributed by atoms with Crippen molar-refractivity contribution in [3.05, 3.63) is 102 Å². The molecule has 116 valence electrons. The van der Waals surface area contributed by atoms with Gasteiger partial charge in [0.15, 0.2) is 0 Å². The highest BCUT2D eigenvalue weighted by Gasteiger charge is 2.31. The summed E-state index contributed by atoms with van der Waals surface area (Å²) in [6.45, 7) is 0. The third-order valence-electron chi connectivity index (χ3n) is 4.07. The Bertz CT molecular complexity index is 696. The SMILES string of the molecule is COc1ccc(CC(Cl)(c2ccccc2)c2ccccc2)cc1. The van der Waals surface area contributed by atoms with Crippen molar-refractivity contribution in [1.29, 1.82) is 0 Å². The van der Waals surface area contributed by atoms with Gasteiger partial charge in [-0.1, -0.05) is 72.8 Å². The maximum atomic E-state index is 7.17. The Morgan fingerprint density at radius 2 is 1.22 bits per heavy atom. The van der Waals surface area contributed by atoms with Crippen LogP contribution in [0, 0.1) is 0 Å². The average molecular weight is 323 g/mol. The lowest BCUT2D eigenvalue weighted by Crippen LogP contribution is -2.23. The molecule has 0 N–H and O–H groups in total. The maximum absolute atomic E-state index is 7.17. The predicted molar refractivity (Wildman–Crippen MR) is 96.2 cm³/mol. The molecule has 3 aromatic carbocycles. The molecule has 2 heteroatoms. The molecule has 0 saturated heterocycles. The van der Waals surface area contributed by atoms with Gasteiger partial charge < -0.3 is 4.74 Å². The number of benzene rings is 3. The summed E-state index contributed by atoms with van der Waals surface area (Å²) in [6, 6.07) is 28.6. The van der Waals surface area contributed by atoms with Gasteiger partial charge in [-0.3, -0.25) is 0 Å². The number of hydrogen-bond donors (Lipinski definition) is 0. The minimum Gasteiger partial charge on any atom is -0.497 e. The molecule has 0 fully saturated rings. The molecule has 0 unspecified atom stereocenters. The number of hydrogen-bond acceptors (Lipinski definition) is 1. The van der Waals surface area contributed by atoms with Crippen LogP contribution in [0.1, 0.15) is 16.7 Å². The van der Waals surface area contributed by atoms with Gasteiger partial charge in [0.1, 0.15) is 5.75 Å². The largest absolute Gasteiger partial charge is 0.497 e. The monoisotopic (exact) mass is 322 g/mol. The molecule has 0 spiro atoms. The van der Waals surface area contributed by atoms with E-state index in [4.69, 9.17) is 16.3 Å². The Labute approximate surface area is 142 Å². The first kappa shape index (κ1) is 15.6. The fourth-order valence-corrected chi connectivity index (χ4v) is 3.21. The van der Waals surface area contributed by atoms with Crippen molar-refractivity contribution in [3.8, 4) is 5.75 Å². The second-order valence-electron chi connectivity index (χ2n) is 5.56. The van der Waals surface area contributed by atoms with Crippen molar-refractivity contribution in [3.63, 3.8) is 0 Å². The van der Waals surface area contributed by atoms with E-state index < -0.39 is 4.87 Å². The van der Waals surface area contributed by atoms with Crippen molar-refractivity contribution in [2.75, 3.05) is 7.11 Å². The Morgan fingerprint density at radius 1 is 0.739 bits per heavy atom. The predicted octanol–water partition coefficient (Wildman–Crippen LogP) is 5.42. The zero-order valence-electron chi connectivity index (χ0n) is 13.1. The van der Waals surface area contributed by atoms with E-state index in [9.17, 15) is 0 Å². The smallest absolute Gasteiger partial charge is 0.118 e. The van der Waals surface area contributed by atoms with E-state index in [1.807, 2.05) is 48.5 Å². The third-order valence-corrected chi connectivity index (χ3v) is 4.64. The molecule has 0 bridgehead atoms. The van der Waals surface area contributed by atoms with E-state index in [2.05, 4.69) is 36.4 Å². The third kappa shape index (κ3) is 3.40. The molecule has 23 heavy (non-hydrogen) atoms. The summed E-state index contributed by atoms with van der Waals surface area (Å²) in [4.78, 5) is -0.586. The zero-order valence-corrected chi connectivity index (χ0v) is 13.8. The second kappa shape index (κ2) is 6.89. The van der Waals surface area contributed by atoms with Crippen LogP contribution >= 0.6 is 11.6 Å². The summed E-state index contributed by atoms with van der Waals surface area (Å²) >= 11 is 7.17. The normalized spacial score (nSPS) is 11.2. The Kier molecular flexibility index (Phi) is 4.68. The summed E-state index contributed by atoms with van der Waals surface area (Å²) in [5, 5.41) is 0. The highest BCUT2D eigenvalue weighted by atomic mass is 35.5. The minimum absolute atomic E-state index is 0.586. The molecule has 0 aliphatic carbocycles. The van der Waals surface area contributed by atoms with E-state index in [0.717, 1.165) is 16.9 Å². The highest BCUT2D eigenvalue weighted by Crippen LogP contribution is 2.39. The lowest BCUT2D eigenvalue weighted by atomic mass is 9.85. The molecule has 0 amide bonds. The average Bonchev–Trinajstić information content (AvgIpc) is 2.64. The van der Waals surface area contributed by atoms with E-state index >= 15 is 0 Å². The maximum Gasteiger partial charge on any atom is 0.118 e. The van der Waals surface area contributed by atoms with Gasteiger partial charge in [-0.2, -0.15) is 0 Å². The van der Waals surface area contributed by atoms with Crippen LogP contribution in [0.4, 0.5) is 0 Å². The van der Waals surface area contributed by atoms with Crippen molar-refractivity contribution in [2.45, 2.75) is 11.3 Å². The quantitative estimate of drug-likeness (QED) is 0.570. The molecule has 1 nitrogen and oxygen atoms in total. The molecule has 0 atom stereocenters. The first-order valence-electron chi connectivity index (χ1n) is 7.65. The summed E-state index contributed by atoms with van der Waals surface area (Å²) in [6.07, 6.45) is 0.715. The molecule has 0 aliphatic heterocycles. The van der Waals surface area contributed by atoms with Gasteiger partial charge in [0.2, 0.25) is 0 Å². The molecule has 0 radical (unpaired) electrons. The first-order chi connectivity index (χ1) is 11.2. The summed E-state index contributed by atoms with van der Waals surface area (Å²) in [5.74, 6) is 0.855. The van der Waals surface area contributed by atoms with Gasteiger partial charge in [0, 0.05) is 0 Å². The van der Waals surface area contributed by atoms with E-state index in [1.165, 1.54) is 5.56 Å². The lowest BCUT2D eigenvalue weighted by molar-refractivity contribution is 0.414. The molecular weight excluding hydrogens is 304 g/mol. The van der Waals surface area contributed by atoms with Crippen LogP contribution in [0.3, 0.4) is 0 Å². The number of methoxy groups -OCH3 is 1. The Morgan fingerprint density at radius 3 is 1.65 bits per heavy atom. The molecular formula is C21H19ClO. The molecule has 3 rings (SSSR count). The van der Waals surface area contributed by atoms with Gasteiger partial charge in [0.25, 0.3) is 0 Å². The fraction of sp³-hybridized carbons (Fsp3) is 0.143. The topological polar surface area (TPSA) is 9.23 Å². The van der Waals surface area contributed by atoms with Gasteiger partial charge in [-0.05, 0) is 35.2 Å². The fourth-order valence-electron chi connectivity index (χ4n) is 2.80. The number of rotatable bonds is 5. The summed E-state index contributed by atoms with van der Waals surface area (Å²) in [7, 11) is 1.68. The van der Waals surface area contributed by atoms with Crippen molar-refractivity contribution < 1.29 is 4.74 Å². The van der Waals surface area contributed by atoms with Gasteiger partial charge in [-0.15, -0.1) is 11.6 Å². The summed E-state index contributed by atoms with van der Waals surface area (Å²) < 4.78 is 5.24. The van der Waals surface area contributed by atoms with E-state index in [-0.39, 0.29) is 0 Å². The van der Waals surface area contributed by atoms with Crippen LogP contribution in [0.15, 0.2) is 84.9 Å². The number of alkyl halides is 1.